The molecular weight excluding hydrogens is 652 g/mol. The highest BCUT2D eigenvalue weighted by molar-refractivity contribution is 7.85. The van der Waals surface area contributed by atoms with E-state index < -0.39 is 7.14 Å². The van der Waals surface area contributed by atoms with Gasteiger partial charge in [0.15, 0.2) is 18.5 Å². The van der Waals surface area contributed by atoms with E-state index in [4.69, 9.17) is 0 Å². The number of benzene rings is 8. The van der Waals surface area contributed by atoms with Crippen LogP contribution >= 0.6 is 7.14 Å². The van der Waals surface area contributed by atoms with Gasteiger partial charge in [-0.05, 0) is 48.5 Å². The van der Waals surface area contributed by atoms with Gasteiger partial charge in [-0.1, -0.05) is 121 Å². The maximum Gasteiger partial charge on any atom is 0.171 e. The van der Waals surface area contributed by atoms with Crippen molar-refractivity contribution in [1.82, 2.24) is 9.05 Å². The number of rotatable bonds is 6. The normalized spacial score (nSPS) is 13.2. The first-order valence-corrected chi connectivity index (χ1v) is 19.4. The topological polar surface area (TPSA) is 22.0 Å². The van der Waals surface area contributed by atoms with E-state index in [0.29, 0.717) is 4.48 Å². The molecule has 4 heteroatoms. The number of hydrogen-bond donors (Lipinski definition) is 0. The van der Waals surface area contributed by atoms with E-state index in [0.717, 1.165) is 38.5 Å². The highest BCUT2D eigenvalue weighted by Crippen LogP contribution is 2.62. The number of hydrogen-bond acceptors (Lipinski definition) is 1. The quantitative estimate of drug-likeness (QED) is 0.126. The third-order valence-electron chi connectivity index (χ3n) is 10.7. The fraction of sp³-hybridized carbons (Fsp3) is 0. The molecule has 0 amide bonds. The average Bonchev–Trinajstić information content (AvgIpc) is 3.72. The Morgan fingerprint density at radius 2 is 0.846 bits per heavy atom. The van der Waals surface area contributed by atoms with Crippen LogP contribution < -0.4 is 20.4 Å². The van der Waals surface area contributed by atoms with Gasteiger partial charge in [0.25, 0.3) is 0 Å². The summed E-state index contributed by atoms with van der Waals surface area (Å²) in [4.78, 5) is 0. The lowest BCUT2D eigenvalue weighted by molar-refractivity contribution is 0.592. The molecule has 10 rings (SSSR count). The fourth-order valence-electron chi connectivity index (χ4n) is 8.46. The maximum absolute atomic E-state index is 15.4. The Bertz CT molecular complexity index is 2720. The molecule has 1 aliphatic heterocycles. The van der Waals surface area contributed by atoms with Crippen LogP contribution in [-0.4, -0.2) is 4.57 Å². The number of quaternary nitrogens is 1. The zero-order valence-electron chi connectivity index (χ0n) is 28.4. The zero-order valence-corrected chi connectivity index (χ0v) is 29.3. The molecule has 0 unspecified atom stereocenters. The van der Waals surface area contributed by atoms with Gasteiger partial charge in [0, 0.05) is 68.8 Å². The predicted octanol–water partition coefficient (Wildman–Crippen LogP) is 11.7. The second-order valence-corrected chi connectivity index (χ2v) is 16.2. The first kappa shape index (κ1) is 30.6. The molecule has 0 saturated carbocycles. The zero-order chi connectivity index (χ0) is 34.7. The van der Waals surface area contributed by atoms with Gasteiger partial charge in [0.05, 0.1) is 22.2 Å². The summed E-state index contributed by atoms with van der Waals surface area (Å²) in [5.74, 6) is 0. The molecular formula is C48H34N2OP+. The number of para-hydroxylation sites is 4. The SMILES string of the molecule is O=P(c1ccccc1)(c1ccccc1)c1ccc([N+]2(c3ccc4c(c3)c3ccccc3n4-c3ccccc3)c3ccccc3-c3ccccc32)cc1. The standard InChI is InChI=1S/C48H34N2OP/c51-52(38-18-6-2-7-19-38,39-20-8-3-9-21-39)40-31-28-36(29-32-40)50(47-26-14-11-23-42(47)43-24-12-15-27-48(43)50)37-30-33-46-44(34-37)41-22-10-13-25-45(41)49(46)35-16-4-1-5-17-35/h1-34H/q+1. The lowest BCUT2D eigenvalue weighted by Crippen LogP contribution is -2.32. The summed E-state index contributed by atoms with van der Waals surface area (Å²) in [7, 11) is -3.15. The predicted molar refractivity (Wildman–Crippen MR) is 219 cm³/mol. The van der Waals surface area contributed by atoms with Crippen molar-refractivity contribution < 1.29 is 4.57 Å². The van der Waals surface area contributed by atoms with Crippen LogP contribution in [0.1, 0.15) is 0 Å². The summed E-state index contributed by atoms with van der Waals surface area (Å²) < 4.78 is 18.2. The van der Waals surface area contributed by atoms with E-state index in [1.165, 1.54) is 38.8 Å². The first-order chi connectivity index (χ1) is 25.7. The highest BCUT2D eigenvalue weighted by atomic mass is 31.2. The van der Waals surface area contributed by atoms with Crippen molar-refractivity contribution in [3.05, 3.63) is 206 Å². The van der Waals surface area contributed by atoms with Gasteiger partial charge >= 0.3 is 0 Å². The molecule has 2 heterocycles. The Hall–Kier alpha value is -6.25. The molecule has 1 aromatic heterocycles. The van der Waals surface area contributed by atoms with Crippen molar-refractivity contribution >= 4 is 67.6 Å². The van der Waals surface area contributed by atoms with E-state index in [-0.39, 0.29) is 0 Å². The number of aromatic nitrogens is 1. The average molecular weight is 686 g/mol. The van der Waals surface area contributed by atoms with Crippen LogP contribution in [0.4, 0.5) is 22.7 Å². The van der Waals surface area contributed by atoms with Crippen molar-refractivity contribution in [2.45, 2.75) is 0 Å². The lowest BCUT2D eigenvalue weighted by atomic mass is 10.1. The maximum atomic E-state index is 15.4. The van der Waals surface area contributed by atoms with Crippen LogP contribution in [-0.2, 0) is 4.57 Å². The monoisotopic (exact) mass is 685 g/mol. The molecule has 0 radical (unpaired) electrons. The van der Waals surface area contributed by atoms with Gasteiger partial charge in [-0.15, -0.1) is 0 Å². The van der Waals surface area contributed by atoms with E-state index >= 15 is 4.57 Å². The molecule has 246 valence electrons. The summed E-state index contributed by atoms with van der Waals surface area (Å²) in [6, 6.07) is 72.2. The van der Waals surface area contributed by atoms with Crippen LogP contribution in [0.3, 0.4) is 0 Å². The van der Waals surface area contributed by atoms with Crippen LogP contribution in [0.25, 0.3) is 38.6 Å². The van der Waals surface area contributed by atoms with Crippen molar-refractivity contribution in [1.29, 1.82) is 0 Å². The van der Waals surface area contributed by atoms with E-state index in [2.05, 4.69) is 150 Å². The summed E-state index contributed by atoms with van der Waals surface area (Å²) in [6.07, 6.45) is 0. The van der Waals surface area contributed by atoms with Gasteiger partial charge in [0.2, 0.25) is 0 Å². The van der Waals surface area contributed by atoms with Crippen molar-refractivity contribution in [2.75, 3.05) is 0 Å². The molecule has 0 spiro atoms. The summed E-state index contributed by atoms with van der Waals surface area (Å²) in [5.41, 5.74) is 10.5. The van der Waals surface area contributed by atoms with Crippen LogP contribution in [0.2, 0.25) is 0 Å². The molecule has 1 aliphatic rings. The molecule has 3 nitrogen and oxygen atoms in total. The molecule has 0 fully saturated rings. The third kappa shape index (κ3) is 4.34. The Labute approximate surface area is 303 Å². The van der Waals surface area contributed by atoms with Gasteiger partial charge in [0.1, 0.15) is 11.4 Å². The van der Waals surface area contributed by atoms with Gasteiger partial charge in [-0.3, -0.25) is 0 Å². The fourth-order valence-corrected chi connectivity index (χ4v) is 11.1. The number of fused-ring (bicyclic) bond motifs is 6. The molecule has 0 N–H and O–H groups in total. The molecule has 8 aromatic carbocycles. The van der Waals surface area contributed by atoms with Gasteiger partial charge in [-0.2, -0.15) is 4.48 Å². The Morgan fingerprint density at radius 3 is 1.46 bits per heavy atom. The van der Waals surface area contributed by atoms with E-state index in [9.17, 15) is 0 Å². The van der Waals surface area contributed by atoms with Crippen molar-refractivity contribution in [3.8, 4) is 16.8 Å². The van der Waals surface area contributed by atoms with Gasteiger partial charge in [-0.25, -0.2) is 0 Å². The molecule has 0 saturated heterocycles. The molecule has 9 aromatic rings. The smallest absolute Gasteiger partial charge is 0.171 e. The van der Waals surface area contributed by atoms with Crippen molar-refractivity contribution in [3.63, 3.8) is 0 Å². The largest absolute Gasteiger partial charge is 0.309 e. The lowest BCUT2D eigenvalue weighted by Gasteiger charge is -2.34. The molecule has 52 heavy (non-hydrogen) atoms. The van der Waals surface area contributed by atoms with Crippen LogP contribution in [0.15, 0.2) is 206 Å². The summed E-state index contributed by atoms with van der Waals surface area (Å²) >= 11 is 0. The van der Waals surface area contributed by atoms with Crippen LogP contribution in [0, 0.1) is 0 Å². The molecule has 0 bridgehead atoms. The third-order valence-corrected chi connectivity index (χ3v) is 13.8. The Balaban J connectivity index is 1.25. The minimum Gasteiger partial charge on any atom is -0.309 e. The first-order valence-electron chi connectivity index (χ1n) is 17.7. The highest BCUT2D eigenvalue weighted by Gasteiger charge is 2.48. The van der Waals surface area contributed by atoms with Crippen LogP contribution in [0.5, 0.6) is 0 Å². The second kappa shape index (κ2) is 11.9. The molecule has 0 aliphatic carbocycles. The van der Waals surface area contributed by atoms with E-state index in [1.807, 2.05) is 60.7 Å². The van der Waals surface area contributed by atoms with Crippen molar-refractivity contribution in [2.24, 2.45) is 0 Å². The van der Waals surface area contributed by atoms with E-state index in [1.54, 1.807) is 0 Å². The minimum absolute atomic E-state index is 0.411. The Morgan fingerprint density at radius 1 is 0.385 bits per heavy atom. The Kier molecular flexibility index (Phi) is 7.01. The molecule has 0 atom stereocenters. The number of nitrogens with zero attached hydrogens (tertiary/aromatic N) is 2. The van der Waals surface area contributed by atoms with Gasteiger partial charge < -0.3 is 9.13 Å². The second-order valence-electron chi connectivity index (χ2n) is 13.4. The minimum atomic E-state index is -3.15. The summed E-state index contributed by atoms with van der Waals surface area (Å²) in [5, 5.41) is 4.88. The summed E-state index contributed by atoms with van der Waals surface area (Å²) in [6.45, 7) is 0.